The first kappa shape index (κ1) is 28.9. The van der Waals surface area contributed by atoms with E-state index in [-0.39, 0.29) is 17.4 Å². The van der Waals surface area contributed by atoms with Crippen molar-refractivity contribution in [1.82, 2.24) is 20.6 Å². The second kappa shape index (κ2) is 12.5. The first-order valence-electron chi connectivity index (χ1n) is 13.8. The van der Waals surface area contributed by atoms with Gasteiger partial charge in [-0.2, -0.15) is 5.21 Å². The van der Waals surface area contributed by atoms with E-state index < -0.39 is 21.8 Å². The van der Waals surface area contributed by atoms with E-state index >= 15 is 0 Å². The van der Waals surface area contributed by atoms with Gasteiger partial charge in [-0.05, 0) is 84.0 Å². The average molecular weight is 588 g/mol. The number of carbonyl (C=O) groups is 2. The Kier molecular flexibility index (Phi) is 8.62. The molecular weight excluding hydrogens is 554 g/mol. The van der Waals surface area contributed by atoms with Crippen molar-refractivity contribution < 1.29 is 18.0 Å². The van der Waals surface area contributed by atoms with E-state index in [0.717, 1.165) is 11.8 Å². The number of sulfone groups is 1. The van der Waals surface area contributed by atoms with Crippen molar-refractivity contribution in [3.63, 3.8) is 0 Å². The summed E-state index contributed by atoms with van der Waals surface area (Å²) in [6.07, 6.45) is 7.23. The molecule has 11 nitrogen and oxygen atoms in total. The fraction of sp³-hybridized carbons (Fsp3) is 0.300. The minimum Gasteiger partial charge on any atom is -0.307 e. The van der Waals surface area contributed by atoms with Crippen LogP contribution in [0.4, 0.5) is 22.1 Å². The predicted octanol–water partition coefficient (Wildman–Crippen LogP) is 5.45. The summed E-state index contributed by atoms with van der Waals surface area (Å²) >= 11 is 0. The highest BCUT2D eigenvalue weighted by Crippen LogP contribution is 2.34. The Labute approximate surface area is 244 Å². The number of H-pyrrole nitrogens is 1. The van der Waals surface area contributed by atoms with Crippen LogP contribution in [0.25, 0.3) is 0 Å². The number of tetrazole rings is 1. The van der Waals surface area contributed by atoms with Gasteiger partial charge in [-0.15, -0.1) is 5.10 Å². The maximum absolute atomic E-state index is 13.7. The molecule has 0 bridgehead atoms. The molecule has 0 spiro atoms. The SMILES string of the molecule is Cc1ccc(NC(=O)N(Cc2ccc(C(=O)Nc3nn[nH]n3)cc2)c2ccc(C3CCCCC3)cc2)cc1S(C)(=O)=O. The highest BCUT2D eigenvalue weighted by Gasteiger charge is 2.21. The van der Waals surface area contributed by atoms with Gasteiger partial charge in [0.05, 0.1) is 11.4 Å². The molecule has 1 aliphatic carbocycles. The summed E-state index contributed by atoms with van der Waals surface area (Å²) in [7, 11) is -3.47. The Morgan fingerprint density at radius 3 is 2.31 bits per heavy atom. The fourth-order valence-electron chi connectivity index (χ4n) is 5.24. The molecule has 0 unspecified atom stereocenters. The molecule has 12 heteroatoms. The molecule has 218 valence electrons. The third-order valence-corrected chi connectivity index (χ3v) is 8.73. The first-order chi connectivity index (χ1) is 20.2. The molecule has 3 aromatic carbocycles. The van der Waals surface area contributed by atoms with Gasteiger partial charge in [0.15, 0.2) is 9.84 Å². The van der Waals surface area contributed by atoms with Gasteiger partial charge in [-0.3, -0.25) is 15.0 Å². The molecular formula is C30H33N7O4S. The Bertz CT molecular complexity index is 1650. The molecule has 4 aromatic rings. The van der Waals surface area contributed by atoms with E-state index in [0.29, 0.717) is 28.4 Å². The van der Waals surface area contributed by atoms with E-state index in [9.17, 15) is 18.0 Å². The van der Waals surface area contributed by atoms with E-state index in [1.54, 1.807) is 48.2 Å². The number of hydrogen-bond donors (Lipinski definition) is 3. The van der Waals surface area contributed by atoms with Crippen molar-refractivity contribution in [3.8, 4) is 0 Å². The normalized spacial score (nSPS) is 13.9. The number of aromatic amines is 1. The standard InChI is InChI=1S/C30H33N7O4S/c1-20-8-15-25(18-27(20)42(2,40)41)31-30(39)37(26-16-13-23(14-17-26)22-6-4-3-5-7-22)19-21-9-11-24(12-10-21)28(38)32-29-33-35-36-34-29/h8-18,22H,3-7,19H2,1-2H3,(H,31,39)(H2,32,33,34,35,36,38). The molecule has 0 saturated heterocycles. The van der Waals surface area contributed by atoms with Crippen molar-refractivity contribution in [1.29, 1.82) is 0 Å². The predicted molar refractivity (Wildman–Crippen MR) is 160 cm³/mol. The molecule has 5 rings (SSSR count). The number of amides is 3. The van der Waals surface area contributed by atoms with Gasteiger partial charge in [-0.1, -0.05) is 54.7 Å². The molecule has 1 aromatic heterocycles. The van der Waals surface area contributed by atoms with E-state index in [4.69, 9.17) is 0 Å². The maximum Gasteiger partial charge on any atom is 0.326 e. The summed E-state index contributed by atoms with van der Waals surface area (Å²) < 4.78 is 24.5. The van der Waals surface area contributed by atoms with Crippen molar-refractivity contribution in [2.45, 2.75) is 56.4 Å². The Hall–Kier alpha value is -4.58. The average Bonchev–Trinajstić information content (AvgIpc) is 3.50. The Morgan fingerprint density at radius 1 is 0.952 bits per heavy atom. The van der Waals surface area contributed by atoms with Crippen molar-refractivity contribution in [2.24, 2.45) is 0 Å². The van der Waals surface area contributed by atoms with Crippen LogP contribution in [0.15, 0.2) is 71.6 Å². The number of benzene rings is 3. The van der Waals surface area contributed by atoms with E-state index in [2.05, 4.69) is 43.4 Å². The lowest BCUT2D eigenvalue weighted by atomic mass is 9.84. The number of rotatable bonds is 8. The zero-order valence-corrected chi connectivity index (χ0v) is 24.3. The van der Waals surface area contributed by atoms with Crippen LogP contribution in [0.1, 0.15) is 65.1 Å². The fourth-order valence-corrected chi connectivity index (χ4v) is 6.24. The van der Waals surface area contributed by atoms with Gasteiger partial charge >= 0.3 is 6.03 Å². The van der Waals surface area contributed by atoms with Crippen LogP contribution >= 0.6 is 0 Å². The minimum atomic E-state index is -3.47. The summed E-state index contributed by atoms with van der Waals surface area (Å²) in [5, 5.41) is 18.6. The molecule has 0 aliphatic heterocycles. The van der Waals surface area contributed by atoms with Crippen LogP contribution in [0.5, 0.6) is 0 Å². The summed E-state index contributed by atoms with van der Waals surface area (Å²) in [6.45, 7) is 1.93. The summed E-state index contributed by atoms with van der Waals surface area (Å²) in [5.41, 5.74) is 4.13. The molecule has 1 heterocycles. The number of nitrogens with one attached hydrogen (secondary N) is 3. The number of urea groups is 1. The lowest BCUT2D eigenvalue weighted by molar-refractivity contribution is 0.102. The monoisotopic (exact) mass is 587 g/mol. The summed E-state index contributed by atoms with van der Waals surface area (Å²) in [4.78, 5) is 28.0. The topological polar surface area (TPSA) is 150 Å². The number of aromatic nitrogens is 4. The quantitative estimate of drug-likeness (QED) is 0.248. The van der Waals surface area contributed by atoms with Gasteiger partial charge in [0.2, 0.25) is 0 Å². The Balaban J connectivity index is 1.38. The molecule has 0 atom stereocenters. The van der Waals surface area contributed by atoms with Gasteiger partial charge in [-0.25, -0.2) is 13.2 Å². The zero-order chi connectivity index (χ0) is 29.7. The number of aryl methyl sites for hydroxylation is 1. The van der Waals surface area contributed by atoms with Crippen LogP contribution < -0.4 is 15.5 Å². The van der Waals surface area contributed by atoms with Crippen LogP contribution in [0, 0.1) is 6.92 Å². The first-order valence-corrected chi connectivity index (χ1v) is 15.7. The number of hydrogen-bond acceptors (Lipinski definition) is 7. The highest BCUT2D eigenvalue weighted by molar-refractivity contribution is 7.90. The maximum atomic E-state index is 13.7. The molecule has 1 aliphatic rings. The molecule has 3 N–H and O–H groups in total. The van der Waals surface area contributed by atoms with Gasteiger partial charge in [0.1, 0.15) is 0 Å². The molecule has 0 radical (unpaired) electrons. The molecule has 42 heavy (non-hydrogen) atoms. The van der Waals surface area contributed by atoms with Crippen LogP contribution in [-0.4, -0.2) is 47.2 Å². The Morgan fingerprint density at radius 2 is 1.67 bits per heavy atom. The number of carbonyl (C=O) groups excluding carboxylic acids is 2. The largest absolute Gasteiger partial charge is 0.326 e. The molecule has 1 fully saturated rings. The van der Waals surface area contributed by atoms with E-state index in [1.807, 2.05) is 12.1 Å². The second-order valence-electron chi connectivity index (χ2n) is 10.6. The molecule has 1 saturated carbocycles. The van der Waals surface area contributed by atoms with Gasteiger partial charge in [0, 0.05) is 23.2 Å². The van der Waals surface area contributed by atoms with Crippen LogP contribution in [0.2, 0.25) is 0 Å². The second-order valence-corrected chi connectivity index (χ2v) is 12.6. The summed E-state index contributed by atoms with van der Waals surface area (Å²) in [6, 6.07) is 19.4. The third-order valence-electron chi connectivity index (χ3n) is 7.49. The van der Waals surface area contributed by atoms with Gasteiger partial charge < -0.3 is 5.32 Å². The zero-order valence-electron chi connectivity index (χ0n) is 23.5. The molecule has 3 amide bonds. The van der Waals surface area contributed by atoms with Crippen molar-refractivity contribution in [2.75, 3.05) is 21.8 Å². The number of nitrogens with zero attached hydrogens (tertiary/aromatic N) is 4. The van der Waals surface area contributed by atoms with Crippen LogP contribution in [-0.2, 0) is 16.4 Å². The van der Waals surface area contributed by atoms with Crippen LogP contribution in [0.3, 0.4) is 0 Å². The van der Waals surface area contributed by atoms with E-state index in [1.165, 1.54) is 43.7 Å². The lowest BCUT2D eigenvalue weighted by Gasteiger charge is -2.26. The van der Waals surface area contributed by atoms with Crippen molar-refractivity contribution >= 4 is 39.1 Å². The smallest absolute Gasteiger partial charge is 0.307 e. The van der Waals surface area contributed by atoms with Crippen molar-refractivity contribution in [3.05, 3.63) is 89.0 Å². The third kappa shape index (κ3) is 7.00. The summed E-state index contributed by atoms with van der Waals surface area (Å²) in [5.74, 6) is 0.207. The minimum absolute atomic E-state index is 0.0683. The highest BCUT2D eigenvalue weighted by atomic mass is 32.2. The number of anilines is 3. The van der Waals surface area contributed by atoms with Gasteiger partial charge in [0.25, 0.3) is 11.9 Å². The lowest BCUT2D eigenvalue weighted by Crippen LogP contribution is -2.34.